The third kappa shape index (κ3) is 11.2. The molecule has 68 heavy (non-hydrogen) atoms. The summed E-state index contributed by atoms with van der Waals surface area (Å²) < 4.78 is 52.1. The predicted octanol–water partition coefficient (Wildman–Crippen LogP) is 7.77. The molecule has 1 aliphatic carbocycles. The predicted molar refractivity (Wildman–Crippen MR) is 256 cm³/mol. The van der Waals surface area contributed by atoms with E-state index in [1.54, 1.807) is 58.8 Å². The second-order valence-corrected chi connectivity index (χ2v) is 22.1. The first-order valence-electron chi connectivity index (χ1n) is 24.9. The number of Topliss-reactive ketones (excluding diaryl/α,β-unsaturated/α-hetero) is 1. The fourth-order valence-corrected chi connectivity index (χ4v) is 12.6. The largest absolute Gasteiger partial charge is 0.458 e. The van der Waals surface area contributed by atoms with Crippen LogP contribution in [0.5, 0.6) is 0 Å². The maximum atomic E-state index is 15.1. The highest BCUT2D eigenvalue weighted by molar-refractivity contribution is 6.42. The molecule has 4 saturated heterocycles. The number of carbonyl (C=O) groups excluding carboxylic acids is 3. The Morgan fingerprint density at radius 3 is 2.16 bits per heavy atom. The molecule has 1 saturated carbocycles. The average molecular weight is 1000 g/mol. The van der Waals surface area contributed by atoms with Crippen molar-refractivity contribution in [2.75, 3.05) is 27.8 Å². The highest BCUT2D eigenvalue weighted by Crippen LogP contribution is 2.45. The Hall–Kier alpha value is -2.15. The molecule has 1 amide bonds. The summed E-state index contributed by atoms with van der Waals surface area (Å²) in [4.78, 5) is 48.1. The fourth-order valence-electron chi connectivity index (χ4n) is 12.3. The minimum Gasteiger partial charge on any atom is -0.458 e. The zero-order valence-corrected chi connectivity index (χ0v) is 44.1. The van der Waals surface area contributed by atoms with Gasteiger partial charge in [0.1, 0.15) is 24.1 Å². The molecule has 4 heterocycles. The highest BCUT2D eigenvalue weighted by atomic mass is 35.5. The number of aliphatic hydroxyl groups excluding tert-OH is 2. The molecule has 2 N–H and O–H groups in total. The highest BCUT2D eigenvalue weighted by Gasteiger charge is 2.61. The number of fused-ring (bicyclic) bond motifs is 1. The van der Waals surface area contributed by atoms with Gasteiger partial charge in [-0.25, -0.2) is 4.79 Å². The van der Waals surface area contributed by atoms with Gasteiger partial charge in [0.05, 0.1) is 57.6 Å². The van der Waals surface area contributed by atoms with E-state index in [1.807, 2.05) is 40.7 Å². The first-order valence-corrected chi connectivity index (χ1v) is 25.7. The molecular formula is C51H80Cl2N2O13. The lowest BCUT2D eigenvalue weighted by Gasteiger charge is -2.50. The van der Waals surface area contributed by atoms with Crippen molar-refractivity contribution in [1.82, 2.24) is 9.80 Å². The van der Waals surface area contributed by atoms with Crippen molar-refractivity contribution < 1.29 is 62.5 Å². The smallest absolute Gasteiger partial charge is 0.410 e. The van der Waals surface area contributed by atoms with Crippen LogP contribution < -0.4 is 0 Å². The third-order valence-corrected chi connectivity index (χ3v) is 17.2. The van der Waals surface area contributed by atoms with Crippen LogP contribution in [-0.2, 0) is 53.9 Å². The molecular weight excluding hydrogens is 919 g/mol. The van der Waals surface area contributed by atoms with E-state index in [-0.39, 0.29) is 43.7 Å². The number of amides is 1. The number of halogens is 2. The number of nitrogens with zero attached hydrogens (tertiary/aromatic N) is 2. The van der Waals surface area contributed by atoms with Crippen LogP contribution in [0, 0.1) is 23.7 Å². The molecule has 5 fully saturated rings. The first-order chi connectivity index (χ1) is 31.9. The van der Waals surface area contributed by atoms with Crippen LogP contribution in [0.25, 0.3) is 0 Å². The van der Waals surface area contributed by atoms with Gasteiger partial charge in [-0.05, 0) is 105 Å². The zero-order valence-electron chi connectivity index (χ0n) is 42.6. The SMILES string of the molecule is CC[C@H]1OC(=O)[C@H](C)[C@@H](OC2C[C@@](C)(OC)[C@@H](O)[C@H](C)O2)[C@H](C)[C@@H](OC2O[C@H](C)C[C@H](N(C)C3CCCC3)[C@H]2O)[C@@](C)(OC)C[C@@H](C)C(=O)[C@H](C)[C@H]2N(CCc3ccc(Cl)c(Cl)c3)C(=O)O[C@]12C. The summed E-state index contributed by atoms with van der Waals surface area (Å²) >= 11 is 12.6. The molecule has 0 bridgehead atoms. The summed E-state index contributed by atoms with van der Waals surface area (Å²) in [6, 6.07) is 4.50. The topological polar surface area (TPSA) is 172 Å². The van der Waals surface area contributed by atoms with Gasteiger partial charge < -0.3 is 48.1 Å². The van der Waals surface area contributed by atoms with Crippen molar-refractivity contribution >= 4 is 41.0 Å². The van der Waals surface area contributed by atoms with Crippen LogP contribution in [0.4, 0.5) is 4.79 Å². The molecule has 4 aliphatic heterocycles. The first kappa shape index (κ1) is 55.2. The number of rotatable bonds is 12. The maximum Gasteiger partial charge on any atom is 0.410 e. The number of methoxy groups -OCH3 is 2. The number of hydrogen-bond donors (Lipinski definition) is 2. The molecule has 0 aromatic heterocycles. The van der Waals surface area contributed by atoms with Gasteiger partial charge >= 0.3 is 12.1 Å². The monoisotopic (exact) mass is 999 g/mol. The molecule has 1 aromatic rings. The lowest BCUT2D eigenvalue weighted by Crippen LogP contribution is -2.62. The molecule has 0 spiro atoms. The lowest BCUT2D eigenvalue weighted by atomic mass is 9.73. The van der Waals surface area contributed by atoms with Gasteiger partial charge in [-0.1, -0.05) is 69.8 Å². The number of hydrogen-bond acceptors (Lipinski definition) is 14. The Bertz CT molecular complexity index is 1910. The molecule has 6 rings (SSSR count). The molecule has 1 aromatic carbocycles. The number of ketones is 1. The van der Waals surface area contributed by atoms with Crippen LogP contribution in [0.1, 0.15) is 126 Å². The summed E-state index contributed by atoms with van der Waals surface area (Å²) in [5, 5.41) is 24.2. The van der Waals surface area contributed by atoms with Crippen LogP contribution in [0.3, 0.4) is 0 Å². The Morgan fingerprint density at radius 2 is 1.54 bits per heavy atom. The quantitative estimate of drug-likeness (QED) is 0.195. The van der Waals surface area contributed by atoms with Gasteiger partial charge in [0, 0.05) is 57.0 Å². The summed E-state index contributed by atoms with van der Waals surface area (Å²) in [5.41, 5.74) is -2.95. The van der Waals surface area contributed by atoms with E-state index in [1.165, 1.54) is 7.11 Å². The van der Waals surface area contributed by atoms with Crippen molar-refractivity contribution in [3.8, 4) is 0 Å². The molecule has 18 atom stereocenters. The lowest BCUT2D eigenvalue weighted by molar-refractivity contribution is -0.320. The Balaban J connectivity index is 1.44. The number of cyclic esters (lactones) is 1. The van der Waals surface area contributed by atoms with Crippen molar-refractivity contribution in [1.29, 1.82) is 0 Å². The third-order valence-electron chi connectivity index (χ3n) is 16.5. The van der Waals surface area contributed by atoms with E-state index in [4.69, 9.17) is 61.1 Å². The van der Waals surface area contributed by atoms with E-state index < -0.39 is 108 Å². The number of ether oxygens (including phenoxy) is 8. The normalized spacial score (nSPS) is 42.5. The molecule has 5 aliphatic rings. The number of aliphatic hydroxyl groups is 2. The summed E-state index contributed by atoms with van der Waals surface area (Å²) in [6.07, 6.45) is -2.80. The number of esters is 1. The number of benzene rings is 1. The maximum absolute atomic E-state index is 15.1. The van der Waals surface area contributed by atoms with E-state index in [0.29, 0.717) is 28.9 Å². The average Bonchev–Trinajstić information content (AvgIpc) is 3.94. The Kier molecular flexibility index (Phi) is 18.1. The van der Waals surface area contributed by atoms with E-state index >= 15 is 4.79 Å². The van der Waals surface area contributed by atoms with Gasteiger partial charge in [-0.2, -0.15) is 0 Å². The molecule has 15 nitrogen and oxygen atoms in total. The summed E-state index contributed by atoms with van der Waals surface area (Å²) in [6.45, 7) is 18.4. The summed E-state index contributed by atoms with van der Waals surface area (Å²) in [5.74, 6) is -4.00. The molecule has 2 unspecified atom stereocenters. The second kappa shape index (κ2) is 22.3. The minimum atomic E-state index is -1.46. The second-order valence-electron chi connectivity index (χ2n) is 21.3. The zero-order chi connectivity index (χ0) is 50.2. The fraction of sp³-hybridized carbons (Fsp3) is 0.824. The standard InChI is InChI=1S/C51H80Cl2N2O13/c1-14-38-51(10)43(55(48(60)68-51)22-21-33-19-20-35(52)36(53)24-33)29(4)40(56)27(2)25-50(9,62-13)45(67-47-41(57)37(23-28(3)63-47)54(11)34-17-15-16-18-34)30(5)42(31(6)46(59)65-38)66-39-26-49(8,61-12)44(58)32(7)64-39/h19-20,24,27-32,34,37-39,41-45,47,57-58H,14-18,21-23,25-26H2,1-13H3/t27-,28-,29+,30+,31-,32+,37+,38-,39?,41-,42+,43-,44+,45-,47?,49-,50+,51-/m1/s1. The number of likely N-dealkylation sites (N-methyl/N-ethyl adjacent to an activating group) is 1. The number of carbonyl (C=O) groups is 3. The Morgan fingerprint density at radius 1 is 0.882 bits per heavy atom. The molecule has 17 heteroatoms. The van der Waals surface area contributed by atoms with E-state index in [9.17, 15) is 19.8 Å². The van der Waals surface area contributed by atoms with Crippen molar-refractivity contribution in [2.45, 2.75) is 217 Å². The van der Waals surface area contributed by atoms with Crippen LogP contribution in [0.15, 0.2) is 18.2 Å². The van der Waals surface area contributed by atoms with Crippen LogP contribution in [-0.4, -0.2) is 156 Å². The van der Waals surface area contributed by atoms with Gasteiger partial charge in [-0.15, -0.1) is 0 Å². The minimum absolute atomic E-state index is 0.124. The van der Waals surface area contributed by atoms with Crippen molar-refractivity contribution in [2.24, 2.45) is 23.7 Å². The van der Waals surface area contributed by atoms with Gasteiger partial charge in [0.2, 0.25) is 0 Å². The van der Waals surface area contributed by atoms with Crippen LogP contribution in [0.2, 0.25) is 10.0 Å². The summed E-state index contributed by atoms with van der Waals surface area (Å²) in [7, 11) is 5.15. The Labute approximate surface area is 414 Å². The van der Waals surface area contributed by atoms with E-state index in [2.05, 4.69) is 11.9 Å². The molecule has 0 radical (unpaired) electrons. The van der Waals surface area contributed by atoms with Gasteiger partial charge in [0.15, 0.2) is 18.2 Å². The van der Waals surface area contributed by atoms with Gasteiger partial charge in [-0.3, -0.25) is 19.4 Å². The van der Waals surface area contributed by atoms with Crippen LogP contribution >= 0.6 is 23.2 Å². The van der Waals surface area contributed by atoms with Crippen molar-refractivity contribution in [3.63, 3.8) is 0 Å². The molecule has 386 valence electrons. The van der Waals surface area contributed by atoms with E-state index in [0.717, 1.165) is 31.2 Å². The van der Waals surface area contributed by atoms with Gasteiger partial charge in [0.25, 0.3) is 0 Å². The van der Waals surface area contributed by atoms with Crippen molar-refractivity contribution in [3.05, 3.63) is 33.8 Å².